The fraction of sp³-hybridized carbons (Fsp3) is 0.481. The van der Waals surface area contributed by atoms with Crippen molar-refractivity contribution in [2.45, 2.75) is 59.0 Å². The van der Waals surface area contributed by atoms with E-state index >= 15 is 0 Å². The largest absolute Gasteiger partial charge is 0.457 e. The zero-order valence-electron chi connectivity index (χ0n) is 21.6. The van der Waals surface area contributed by atoms with Gasteiger partial charge >= 0.3 is 5.97 Å². The summed E-state index contributed by atoms with van der Waals surface area (Å²) in [5.41, 5.74) is 2.31. The van der Waals surface area contributed by atoms with E-state index in [1.54, 1.807) is 38.3 Å². The molecule has 1 aliphatic heterocycles. The third kappa shape index (κ3) is 6.39. The molecule has 1 saturated heterocycles. The van der Waals surface area contributed by atoms with Crippen LogP contribution in [0.25, 0.3) is 11.7 Å². The van der Waals surface area contributed by atoms with E-state index in [4.69, 9.17) is 19.4 Å². The minimum atomic E-state index is -0.615. The van der Waals surface area contributed by atoms with E-state index < -0.39 is 11.6 Å². The minimum Gasteiger partial charge on any atom is -0.457 e. The normalized spacial score (nSPS) is 14.8. The molecule has 4 rings (SSSR count). The summed E-state index contributed by atoms with van der Waals surface area (Å²) >= 11 is 1.69. The van der Waals surface area contributed by atoms with Gasteiger partial charge in [0, 0.05) is 37.2 Å². The molecule has 8 nitrogen and oxygen atoms in total. The van der Waals surface area contributed by atoms with Crippen LogP contribution in [-0.4, -0.2) is 52.2 Å². The summed E-state index contributed by atoms with van der Waals surface area (Å²) < 4.78 is 12.4. The summed E-state index contributed by atoms with van der Waals surface area (Å²) in [6, 6.07) is 3.91. The summed E-state index contributed by atoms with van der Waals surface area (Å²) in [5, 5.41) is 3.24. The van der Waals surface area contributed by atoms with Gasteiger partial charge in [-0.2, -0.15) is 0 Å². The van der Waals surface area contributed by atoms with Crippen molar-refractivity contribution in [1.29, 1.82) is 0 Å². The third-order valence-corrected chi connectivity index (χ3v) is 6.73. The van der Waals surface area contributed by atoms with Gasteiger partial charge in [-0.05, 0) is 56.9 Å². The first-order chi connectivity index (χ1) is 17.1. The Labute approximate surface area is 215 Å². The second kappa shape index (κ2) is 10.9. The zero-order valence-corrected chi connectivity index (χ0v) is 22.4. The van der Waals surface area contributed by atoms with Crippen LogP contribution in [0.4, 0.5) is 5.82 Å². The van der Waals surface area contributed by atoms with Gasteiger partial charge in [-0.1, -0.05) is 13.8 Å². The first kappa shape index (κ1) is 26.0. The maximum absolute atomic E-state index is 13.5. The molecule has 36 heavy (non-hydrogen) atoms. The number of hydrogen-bond acceptors (Lipinski definition) is 8. The smallest absolute Gasteiger partial charge is 0.331 e. The highest BCUT2D eigenvalue weighted by Crippen LogP contribution is 2.22. The highest BCUT2D eigenvalue weighted by Gasteiger charge is 2.20. The Kier molecular flexibility index (Phi) is 7.90. The number of nitrogens with zero attached hydrogens (tertiary/aromatic N) is 4. The van der Waals surface area contributed by atoms with Crippen molar-refractivity contribution in [3.05, 3.63) is 62.0 Å². The predicted octanol–water partition coefficient (Wildman–Crippen LogP) is 4.25. The van der Waals surface area contributed by atoms with Crippen LogP contribution in [0.5, 0.6) is 0 Å². The van der Waals surface area contributed by atoms with Gasteiger partial charge in [-0.25, -0.2) is 14.8 Å². The molecule has 0 bridgehead atoms. The van der Waals surface area contributed by atoms with Crippen LogP contribution in [0.15, 0.2) is 34.6 Å². The number of pyridine rings is 1. The average Bonchev–Trinajstić information content (AvgIpc) is 3.31. The van der Waals surface area contributed by atoms with Crippen LogP contribution in [0.2, 0.25) is 0 Å². The van der Waals surface area contributed by atoms with E-state index in [1.165, 1.54) is 16.6 Å². The van der Waals surface area contributed by atoms with Gasteiger partial charge in [0.2, 0.25) is 0 Å². The second-order valence-corrected chi connectivity index (χ2v) is 11.1. The van der Waals surface area contributed by atoms with Gasteiger partial charge < -0.3 is 14.4 Å². The number of esters is 1. The monoisotopic (exact) mass is 510 g/mol. The molecule has 0 N–H and O–H groups in total. The van der Waals surface area contributed by atoms with E-state index in [0.717, 1.165) is 29.1 Å². The van der Waals surface area contributed by atoms with Crippen molar-refractivity contribution in [2.75, 3.05) is 31.2 Å². The molecule has 9 heteroatoms. The molecule has 0 radical (unpaired) electrons. The van der Waals surface area contributed by atoms with Gasteiger partial charge in [-0.15, -0.1) is 11.3 Å². The lowest BCUT2D eigenvalue weighted by Gasteiger charge is -2.29. The summed E-state index contributed by atoms with van der Waals surface area (Å²) in [4.78, 5) is 37.4. The van der Waals surface area contributed by atoms with Crippen molar-refractivity contribution in [3.8, 4) is 0 Å². The summed E-state index contributed by atoms with van der Waals surface area (Å²) in [7, 11) is 0. The molecule has 0 unspecified atom stereocenters. The molecule has 0 aromatic carbocycles. The van der Waals surface area contributed by atoms with E-state index in [2.05, 4.69) is 19.2 Å². The molecule has 1 fully saturated rings. The number of anilines is 1. The molecule has 1 aliphatic rings. The van der Waals surface area contributed by atoms with Crippen LogP contribution in [0.1, 0.15) is 62.4 Å². The molecular weight excluding hydrogens is 476 g/mol. The van der Waals surface area contributed by atoms with Gasteiger partial charge in [-0.3, -0.25) is 9.20 Å². The molecule has 0 atom stereocenters. The number of fused-ring (bicyclic) bond motifs is 1. The minimum absolute atomic E-state index is 0.227. The molecule has 0 aliphatic carbocycles. The summed E-state index contributed by atoms with van der Waals surface area (Å²) in [6.45, 7) is 12.1. The fourth-order valence-electron chi connectivity index (χ4n) is 3.94. The number of aromatic nitrogens is 3. The molecule has 192 valence electrons. The molecule has 4 heterocycles. The Balaban J connectivity index is 1.65. The fourth-order valence-corrected chi connectivity index (χ4v) is 4.90. The highest BCUT2D eigenvalue weighted by molar-refractivity contribution is 7.09. The lowest BCUT2D eigenvalue weighted by atomic mass is 10.1. The zero-order chi connectivity index (χ0) is 25.9. The molecule has 0 spiro atoms. The number of hydrogen-bond donors (Lipinski definition) is 0. The molecule has 0 amide bonds. The van der Waals surface area contributed by atoms with Crippen LogP contribution >= 0.6 is 11.3 Å². The number of morpholine rings is 1. The maximum atomic E-state index is 13.5. The second-order valence-electron chi connectivity index (χ2n) is 10.2. The molecule has 3 aromatic rings. The van der Waals surface area contributed by atoms with Crippen LogP contribution in [-0.2, 0) is 27.1 Å². The first-order valence-electron chi connectivity index (χ1n) is 12.3. The van der Waals surface area contributed by atoms with Crippen LogP contribution in [0.3, 0.4) is 0 Å². The molecular formula is C27H34N4O4S. The van der Waals surface area contributed by atoms with Crippen molar-refractivity contribution in [2.24, 2.45) is 0 Å². The van der Waals surface area contributed by atoms with E-state index in [-0.39, 0.29) is 5.56 Å². The molecule has 0 saturated carbocycles. The van der Waals surface area contributed by atoms with Crippen molar-refractivity contribution >= 4 is 34.8 Å². The number of rotatable bonds is 7. The van der Waals surface area contributed by atoms with E-state index in [9.17, 15) is 9.59 Å². The number of aryl methyl sites for hydroxylation is 2. The van der Waals surface area contributed by atoms with E-state index in [0.29, 0.717) is 49.2 Å². The number of thiazole rings is 1. The van der Waals surface area contributed by atoms with Crippen molar-refractivity contribution in [3.63, 3.8) is 0 Å². The third-order valence-electron chi connectivity index (χ3n) is 5.80. The number of carbonyl (C=O) groups excluding carboxylic acids is 1. The van der Waals surface area contributed by atoms with E-state index in [1.807, 2.05) is 17.0 Å². The Morgan fingerprint density at radius 2 is 1.97 bits per heavy atom. The highest BCUT2D eigenvalue weighted by atomic mass is 32.1. The Hall–Kier alpha value is -3.04. The SMILES string of the molecule is CC(C)c1csc(CCc2ccn3c(=O)c(C=CC(=O)OC(C)(C)C)c(N4CCOCC4)nc3c2)n1. The topological polar surface area (TPSA) is 86.0 Å². The first-order valence-corrected chi connectivity index (χ1v) is 13.2. The summed E-state index contributed by atoms with van der Waals surface area (Å²) in [6.07, 6.45) is 6.22. The van der Waals surface area contributed by atoms with Gasteiger partial charge in [0.1, 0.15) is 17.1 Å². The standard InChI is InChI=1S/C27H34N4O4S/c1-18(2)21-17-36-23(28-21)8-6-19-10-11-31-22(16-19)29-25(30-12-14-34-15-13-30)20(26(31)33)7-9-24(32)35-27(3,4)5/h7,9-11,16-18H,6,8,12-15H2,1-5H3. The van der Waals surface area contributed by atoms with Crippen molar-refractivity contribution < 1.29 is 14.3 Å². The summed E-state index contributed by atoms with van der Waals surface area (Å²) in [5.74, 6) is 0.476. The lowest BCUT2D eigenvalue weighted by molar-refractivity contribution is -0.148. The van der Waals surface area contributed by atoms with Crippen LogP contribution in [0, 0.1) is 0 Å². The Morgan fingerprint density at radius 1 is 1.22 bits per heavy atom. The van der Waals surface area contributed by atoms with Gasteiger partial charge in [0.15, 0.2) is 0 Å². The quantitative estimate of drug-likeness (QED) is 0.347. The lowest BCUT2D eigenvalue weighted by Crippen LogP contribution is -2.38. The van der Waals surface area contributed by atoms with Crippen LogP contribution < -0.4 is 10.5 Å². The Bertz CT molecular complexity index is 1310. The average molecular weight is 511 g/mol. The number of carbonyl (C=O) groups is 1. The Morgan fingerprint density at radius 3 is 2.64 bits per heavy atom. The maximum Gasteiger partial charge on any atom is 0.331 e. The van der Waals surface area contributed by atoms with Crippen molar-refractivity contribution in [1.82, 2.24) is 14.4 Å². The molecule has 3 aromatic heterocycles. The predicted molar refractivity (Wildman–Crippen MR) is 143 cm³/mol. The number of ether oxygens (including phenoxy) is 2. The van der Waals surface area contributed by atoms with Gasteiger partial charge in [0.25, 0.3) is 5.56 Å². The van der Waals surface area contributed by atoms with Gasteiger partial charge in [0.05, 0.1) is 29.5 Å².